The van der Waals surface area contributed by atoms with Crippen LogP contribution in [-0.2, 0) is 11.2 Å². The molecule has 0 saturated heterocycles. The summed E-state index contributed by atoms with van der Waals surface area (Å²) < 4.78 is 0. The largest absolute Gasteiger partial charge is 0.396 e. The van der Waals surface area contributed by atoms with Gasteiger partial charge in [-0.05, 0) is 24.1 Å². The highest BCUT2D eigenvalue weighted by Gasteiger charge is 2.35. The van der Waals surface area contributed by atoms with Gasteiger partial charge >= 0.3 is 0 Å². The van der Waals surface area contributed by atoms with Gasteiger partial charge in [0, 0.05) is 17.6 Å². The molecule has 17 heavy (non-hydrogen) atoms. The van der Waals surface area contributed by atoms with Gasteiger partial charge in [0.15, 0.2) is 0 Å². The van der Waals surface area contributed by atoms with E-state index in [0.29, 0.717) is 6.54 Å². The molecule has 1 atom stereocenters. The van der Waals surface area contributed by atoms with Crippen LogP contribution in [0.25, 0.3) is 0 Å². The number of aliphatic hydroxyl groups excluding tert-OH is 1. The number of carbonyl (C=O) groups is 1. The van der Waals surface area contributed by atoms with Crippen molar-refractivity contribution in [2.75, 3.05) is 18.1 Å². The molecule has 1 aliphatic rings. The van der Waals surface area contributed by atoms with E-state index in [0.717, 1.165) is 17.7 Å². The van der Waals surface area contributed by atoms with Gasteiger partial charge in [0.25, 0.3) is 0 Å². The molecule has 1 unspecified atom stereocenters. The van der Waals surface area contributed by atoms with Crippen molar-refractivity contribution in [3.63, 3.8) is 0 Å². The number of anilines is 1. The van der Waals surface area contributed by atoms with Crippen LogP contribution in [0.3, 0.4) is 0 Å². The Morgan fingerprint density at radius 2 is 2.29 bits per heavy atom. The van der Waals surface area contributed by atoms with Crippen molar-refractivity contribution in [1.29, 1.82) is 0 Å². The predicted octanol–water partition coefficient (Wildman–Crippen LogP) is 1.76. The average molecular weight is 231 g/mol. The molecule has 3 heteroatoms. The standard InChI is InChI=1S/C14H17NO2/c1-3-13(17)15-9-14(2,10-16)8-11-6-4-5-7-12(11)15/h3-7,16H,1,8-10H2,2H3. The summed E-state index contributed by atoms with van der Waals surface area (Å²) in [6.07, 6.45) is 2.11. The molecule has 0 saturated carbocycles. The highest BCUT2D eigenvalue weighted by Crippen LogP contribution is 2.36. The lowest BCUT2D eigenvalue weighted by Crippen LogP contribution is -2.46. The van der Waals surface area contributed by atoms with Crippen LogP contribution >= 0.6 is 0 Å². The molecule has 1 aliphatic heterocycles. The van der Waals surface area contributed by atoms with Gasteiger partial charge in [0.2, 0.25) is 5.91 Å². The van der Waals surface area contributed by atoms with Crippen LogP contribution in [0.1, 0.15) is 12.5 Å². The number of rotatable bonds is 2. The lowest BCUT2D eigenvalue weighted by molar-refractivity contribution is -0.114. The number of aliphatic hydroxyl groups is 1. The monoisotopic (exact) mass is 231 g/mol. The first-order valence-electron chi connectivity index (χ1n) is 5.72. The quantitative estimate of drug-likeness (QED) is 0.788. The number of para-hydroxylation sites is 1. The highest BCUT2D eigenvalue weighted by molar-refractivity contribution is 6.02. The minimum atomic E-state index is -0.271. The molecule has 0 aromatic heterocycles. The van der Waals surface area contributed by atoms with Crippen molar-refractivity contribution in [3.05, 3.63) is 42.5 Å². The Kier molecular flexibility index (Phi) is 3.03. The Morgan fingerprint density at radius 1 is 1.59 bits per heavy atom. The van der Waals surface area contributed by atoms with E-state index in [-0.39, 0.29) is 17.9 Å². The lowest BCUT2D eigenvalue weighted by Gasteiger charge is -2.40. The second-order valence-corrected chi connectivity index (χ2v) is 4.90. The zero-order valence-corrected chi connectivity index (χ0v) is 10.0. The second kappa shape index (κ2) is 4.34. The molecule has 0 bridgehead atoms. The molecule has 90 valence electrons. The van der Waals surface area contributed by atoms with Crippen molar-refractivity contribution < 1.29 is 9.90 Å². The van der Waals surface area contributed by atoms with Crippen LogP contribution in [0.4, 0.5) is 5.69 Å². The molecule has 0 aliphatic carbocycles. The number of amides is 1. The molecule has 1 amide bonds. The molecule has 0 fully saturated rings. The average Bonchev–Trinajstić information content (AvgIpc) is 2.37. The van der Waals surface area contributed by atoms with Gasteiger partial charge in [0.05, 0.1) is 6.61 Å². The van der Waals surface area contributed by atoms with Crippen molar-refractivity contribution in [2.24, 2.45) is 5.41 Å². The smallest absolute Gasteiger partial charge is 0.250 e. The summed E-state index contributed by atoms with van der Waals surface area (Å²) >= 11 is 0. The van der Waals surface area contributed by atoms with E-state index < -0.39 is 0 Å². The number of hydrogen-bond donors (Lipinski definition) is 1. The maximum absolute atomic E-state index is 11.9. The van der Waals surface area contributed by atoms with Gasteiger partial charge < -0.3 is 10.0 Å². The third-order valence-electron chi connectivity index (χ3n) is 3.26. The van der Waals surface area contributed by atoms with Gasteiger partial charge in [-0.2, -0.15) is 0 Å². The Hall–Kier alpha value is -1.61. The van der Waals surface area contributed by atoms with Gasteiger partial charge in [-0.25, -0.2) is 0 Å². The van der Waals surface area contributed by atoms with E-state index in [2.05, 4.69) is 6.58 Å². The molecular formula is C14H17NO2. The van der Waals surface area contributed by atoms with E-state index in [1.807, 2.05) is 31.2 Å². The summed E-state index contributed by atoms with van der Waals surface area (Å²) in [4.78, 5) is 13.6. The van der Waals surface area contributed by atoms with Crippen LogP contribution in [0.5, 0.6) is 0 Å². The first-order valence-corrected chi connectivity index (χ1v) is 5.72. The van der Waals surface area contributed by atoms with Gasteiger partial charge in [-0.1, -0.05) is 31.7 Å². The zero-order chi connectivity index (χ0) is 12.5. The van der Waals surface area contributed by atoms with E-state index in [4.69, 9.17) is 0 Å². The zero-order valence-electron chi connectivity index (χ0n) is 10.0. The van der Waals surface area contributed by atoms with Crippen LogP contribution in [0.15, 0.2) is 36.9 Å². The van der Waals surface area contributed by atoms with Crippen molar-refractivity contribution in [3.8, 4) is 0 Å². The number of benzene rings is 1. The van der Waals surface area contributed by atoms with E-state index >= 15 is 0 Å². The Bertz CT molecular complexity index is 455. The molecule has 1 heterocycles. The van der Waals surface area contributed by atoms with E-state index in [9.17, 15) is 9.90 Å². The molecule has 3 nitrogen and oxygen atoms in total. The maximum Gasteiger partial charge on any atom is 0.250 e. The third-order valence-corrected chi connectivity index (χ3v) is 3.26. The summed E-state index contributed by atoms with van der Waals surface area (Å²) in [6.45, 7) is 6.13. The minimum Gasteiger partial charge on any atom is -0.396 e. The Balaban J connectivity index is 2.46. The summed E-state index contributed by atoms with van der Waals surface area (Å²) in [5.41, 5.74) is 1.77. The van der Waals surface area contributed by atoms with Gasteiger partial charge in [0.1, 0.15) is 0 Å². The predicted molar refractivity (Wildman–Crippen MR) is 67.9 cm³/mol. The number of hydrogen-bond acceptors (Lipinski definition) is 2. The fourth-order valence-electron chi connectivity index (χ4n) is 2.32. The van der Waals surface area contributed by atoms with Crippen LogP contribution < -0.4 is 4.90 Å². The second-order valence-electron chi connectivity index (χ2n) is 4.90. The van der Waals surface area contributed by atoms with Crippen LogP contribution in [0, 0.1) is 5.41 Å². The number of carbonyl (C=O) groups excluding carboxylic acids is 1. The first-order chi connectivity index (χ1) is 8.09. The first kappa shape index (κ1) is 11.9. The Morgan fingerprint density at radius 3 is 2.94 bits per heavy atom. The SMILES string of the molecule is C=CC(=O)N1CC(C)(CO)Cc2ccccc21. The lowest BCUT2D eigenvalue weighted by atomic mass is 9.80. The molecule has 0 spiro atoms. The van der Waals surface area contributed by atoms with Crippen LogP contribution in [0.2, 0.25) is 0 Å². The molecule has 1 aromatic rings. The van der Waals surface area contributed by atoms with E-state index in [1.54, 1.807) is 4.90 Å². The third kappa shape index (κ3) is 2.11. The maximum atomic E-state index is 11.9. The summed E-state index contributed by atoms with van der Waals surface area (Å²) in [5, 5.41) is 9.48. The summed E-state index contributed by atoms with van der Waals surface area (Å²) in [5.74, 6) is -0.114. The normalized spacial score (nSPS) is 23.1. The van der Waals surface area contributed by atoms with Gasteiger partial charge in [-0.15, -0.1) is 0 Å². The molecule has 1 N–H and O–H groups in total. The Labute approximate surface area is 101 Å². The number of nitrogens with zero attached hydrogens (tertiary/aromatic N) is 1. The summed E-state index contributed by atoms with van der Waals surface area (Å²) in [7, 11) is 0. The molecule has 2 rings (SSSR count). The fraction of sp³-hybridized carbons (Fsp3) is 0.357. The summed E-state index contributed by atoms with van der Waals surface area (Å²) in [6, 6.07) is 7.82. The van der Waals surface area contributed by atoms with Gasteiger partial charge in [-0.3, -0.25) is 4.79 Å². The molecular weight excluding hydrogens is 214 g/mol. The van der Waals surface area contributed by atoms with E-state index in [1.165, 1.54) is 6.08 Å². The molecule has 1 aromatic carbocycles. The highest BCUT2D eigenvalue weighted by atomic mass is 16.3. The van der Waals surface area contributed by atoms with Crippen molar-refractivity contribution in [1.82, 2.24) is 0 Å². The minimum absolute atomic E-state index is 0.0717. The number of fused-ring (bicyclic) bond motifs is 1. The fourth-order valence-corrected chi connectivity index (χ4v) is 2.32. The van der Waals surface area contributed by atoms with Crippen LogP contribution in [-0.4, -0.2) is 24.2 Å². The van der Waals surface area contributed by atoms with Crippen molar-refractivity contribution >= 4 is 11.6 Å². The molecule has 0 radical (unpaired) electrons. The van der Waals surface area contributed by atoms with Crippen molar-refractivity contribution in [2.45, 2.75) is 13.3 Å². The topological polar surface area (TPSA) is 40.5 Å².